The van der Waals surface area contributed by atoms with Crippen molar-refractivity contribution in [2.45, 2.75) is 45.0 Å². The van der Waals surface area contributed by atoms with E-state index in [1.54, 1.807) is 0 Å². The monoisotopic (exact) mass is 251 g/mol. The van der Waals surface area contributed by atoms with Crippen LogP contribution in [0, 0.1) is 0 Å². The zero-order valence-corrected chi connectivity index (χ0v) is 12.7. The first-order chi connectivity index (χ1) is 7.78. The lowest BCUT2D eigenvalue weighted by Crippen LogP contribution is -2.43. The van der Waals surface area contributed by atoms with Crippen LogP contribution in [0.5, 0.6) is 0 Å². The number of nitrogens with two attached hydrogens (primary N) is 1. The van der Waals surface area contributed by atoms with Gasteiger partial charge in [-0.3, -0.25) is 0 Å². The van der Waals surface area contributed by atoms with E-state index in [0.29, 0.717) is 6.54 Å². The van der Waals surface area contributed by atoms with Crippen molar-refractivity contribution in [3.05, 3.63) is 35.9 Å². The lowest BCUT2D eigenvalue weighted by atomic mass is 10.1. The molecule has 0 radical (unpaired) electrons. The predicted octanol–water partition coefficient (Wildman–Crippen LogP) is 3.71. The topological polar surface area (TPSA) is 35.2 Å². The third kappa shape index (κ3) is 3.66. The first-order valence-corrected chi connectivity index (χ1v) is 9.11. The third-order valence-corrected chi connectivity index (χ3v) is 8.11. The fourth-order valence-electron chi connectivity index (χ4n) is 1.45. The molecule has 0 heterocycles. The van der Waals surface area contributed by atoms with Crippen molar-refractivity contribution >= 4 is 8.32 Å². The Morgan fingerprint density at radius 2 is 1.71 bits per heavy atom. The van der Waals surface area contributed by atoms with E-state index in [9.17, 15) is 0 Å². The van der Waals surface area contributed by atoms with Gasteiger partial charge in [-0.15, -0.1) is 0 Å². The van der Waals surface area contributed by atoms with Gasteiger partial charge in [0.2, 0.25) is 0 Å². The summed E-state index contributed by atoms with van der Waals surface area (Å²) >= 11 is 0. The highest BCUT2D eigenvalue weighted by Gasteiger charge is 2.39. The highest BCUT2D eigenvalue weighted by Crippen LogP contribution is 2.39. The molecule has 1 rings (SSSR count). The Kier molecular flexibility index (Phi) is 4.53. The van der Waals surface area contributed by atoms with E-state index >= 15 is 0 Å². The Labute approximate surface area is 106 Å². The highest BCUT2D eigenvalue weighted by molar-refractivity contribution is 6.74. The van der Waals surface area contributed by atoms with Gasteiger partial charge in [0.1, 0.15) is 0 Å². The van der Waals surface area contributed by atoms with E-state index < -0.39 is 8.32 Å². The average Bonchev–Trinajstić information content (AvgIpc) is 2.25. The van der Waals surface area contributed by atoms with Gasteiger partial charge in [0.05, 0.1) is 6.10 Å². The first kappa shape index (κ1) is 14.4. The Bertz CT molecular complexity index is 343. The Morgan fingerprint density at radius 3 is 2.12 bits per heavy atom. The predicted molar refractivity (Wildman–Crippen MR) is 76.5 cm³/mol. The molecule has 2 nitrogen and oxygen atoms in total. The summed E-state index contributed by atoms with van der Waals surface area (Å²) in [7, 11) is -1.75. The minimum absolute atomic E-state index is 0.0251. The highest BCUT2D eigenvalue weighted by atomic mass is 28.4. The second-order valence-corrected chi connectivity index (χ2v) is 10.8. The summed E-state index contributed by atoms with van der Waals surface area (Å²) < 4.78 is 6.35. The lowest BCUT2D eigenvalue weighted by Gasteiger charge is -2.39. The number of hydrogen-bond acceptors (Lipinski definition) is 2. The smallest absolute Gasteiger partial charge is 0.192 e. The Morgan fingerprint density at radius 1 is 1.18 bits per heavy atom. The third-order valence-electron chi connectivity index (χ3n) is 3.63. The van der Waals surface area contributed by atoms with Crippen LogP contribution in [0.4, 0.5) is 0 Å². The molecule has 17 heavy (non-hydrogen) atoms. The van der Waals surface area contributed by atoms with Crippen LogP contribution in [0.25, 0.3) is 0 Å². The maximum atomic E-state index is 6.35. The van der Waals surface area contributed by atoms with Crippen LogP contribution in [0.15, 0.2) is 30.3 Å². The van der Waals surface area contributed by atoms with E-state index in [1.807, 2.05) is 18.2 Å². The van der Waals surface area contributed by atoms with E-state index in [4.69, 9.17) is 10.2 Å². The van der Waals surface area contributed by atoms with Gasteiger partial charge in [-0.1, -0.05) is 51.1 Å². The molecular formula is C14H25NOSi. The van der Waals surface area contributed by atoms with Crippen molar-refractivity contribution in [3.8, 4) is 0 Å². The van der Waals surface area contributed by atoms with E-state index in [0.717, 1.165) is 0 Å². The molecule has 96 valence electrons. The van der Waals surface area contributed by atoms with Crippen molar-refractivity contribution in [3.63, 3.8) is 0 Å². The standard InChI is InChI=1S/C14H25NOSi/c1-14(2,3)17(4,5)16-13(11-15)12-9-7-6-8-10-12/h6-10,13H,11,15H2,1-5H3/t13-/m1/s1. The quantitative estimate of drug-likeness (QED) is 0.828. The summed E-state index contributed by atoms with van der Waals surface area (Å²) in [6.07, 6.45) is 0.0251. The Hall–Kier alpha value is -0.643. The summed E-state index contributed by atoms with van der Waals surface area (Å²) in [6.45, 7) is 11.8. The SMILES string of the molecule is CC(C)(C)[Si](C)(C)O[C@H](CN)c1ccccc1. The number of hydrogen-bond donors (Lipinski definition) is 1. The van der Waals surface area contributed by atoms with E-state index in [-0.39, 0.29) is 11.1 Å². The molecule has 0 amide bonds. The minimum atomic E-state index is -1.75. The second-order valence-electron chi connectivity index (χ2n) is 6.01. The molecule has 1 aromatic carbocycles. The summed E-state index contributed by atoms with van der Waals surface area (Å²) in [5, 5.41) is 0.217. The van der Waals surface area contributed by atoms with Crippen molar-refractivity contribution < 1.29 is 4.43 Å². The minimum Gasteiger partial charge on any atom is -0.409 e. The molecule has 0 fully saturated rings. The van der Waals surface area contributed by atoms with Gasteiger partial charge in [-0.05, 0) is 23.7 Å². The number of benzene rings is 1. The fraction of sp³-hybridized carbons (Fsp3) is 0.571. The van der Waals surface area contributed by atoms with Crippen molar-refractivity contribution in [1.82, 2.24) is 0 Å². The van der Waals surface area contributed by atoms with Crippen molar-refractivity contribution in [2.75, 3.05) is 6.54 Å². The van der Waals surface area contributed by atoms with Crippen LogP contribution in [0.1, 0.15) is 32.4 Å². The van der Waals surface area contributed by atoms with Crippen LogP contribution in [-0.2, 0) is 4.43 Å². The van der Waals surface area contributed by atoms with Crippen molar-refractivity contribution in [1.29, 1.82) is 0 Å². The maximum absolute atomic E-state index is 6.35. The molecule has 0 aliphatic heterocycles. The molecule has 0 aliphatic rings. The van der Waals surface area contributed by atoms with Crippen molar-refractivity contribution in [2.24, 2.45) is 5.73 Å². The zero-order valence-electron chi connectivity index (χ0n) is 11.7. The van der Waals surface area contributed by atoms with Gasteiger partial charge in [0.15, 0.2) is 8.32 Å². The number of rotatable bonds is 4. The van der Waals surface area contributed by atoms with Crippen LogP contribution in [0.2, 0.25) is 18.1 Å². The molecule has 0 saturated carbocycles. The molecular weight excluding hydrogens is 226 g/mol. The molecule has 0 spiro atoms. The van der Waals surface area contributed by atoms with Gasteiger partial charge in [-0.25, -0.2) is 0 Å². The molecule has 1 aromatic rings. The maximum Gasteiger partial charge on any atom is 0.192 e. The van der Waals surface area contributed by atoms with Crippen LogP contribution in [0.3, 0.4) is 0 Å². The van der Waals surface area contributed by atoms with Gasteiger partial charge in [-0.2, -0.15) is 0 Å². The normalized spacial score (nSPS) is 14.7. The van der Waals surface area contributed by atoms with Gasteiger partial charge in [0.25, 0.3) is 0 Å². The summed E-state index contributed by atoms with van der Waals surface area (Å²) in [6, 6.07) is 10.3. The molecule has 0 unspecified atom stereocenters. The van der Waals surface area contributed by atoms with Crippen LogP contribution in [-0.4, -0.2) is 14.9 Å². The van der Waals surface area contributed by atoms with Gasteiger partial charge in [0, 0.05) is 6.54 Å². The van der Waals surface area contributed by atoms with E-state index in [2.05, 4.69) is 46.0 Å². The van der Waals surface area contributed by atoms with Crippen LogP contribution < -0.4 is 5.73 Å². The molecule has 2 N–H and O–H groups in total. The molecule has 0 saturated heterocycles. The molecule has 0 aromatic heterocycles. The van der Waals surface area contributed by atoms with Crippen LogP contribution >= 0.6 is 0 Å². The molecule has 0 aliphatic carbocycles. The zero-order chi connectivity index (χ0) is 13.1. The Balaban J connectivity index is 2.85. The lowest BCUT2D eigenvalue weighted by molar-refractivity contribution is 0.191. The van der Waals surface area contributed by atoms with E-state index in [1.165, 1.54) is 5.56 Å². The molecule has 3 heteroatoms. The summed E-state index contributed by atoms with van der Waals surface area (Å²) in [4.78, 5) is 0. The van der Waals surface area contributed by atoms with Gasteiger partial charge < -0.3 is 10.2 Å². The summed E-state index contributed by atoms with van der Waals surface area (Å²) in [5.74, 6) is 0. The molecule has 0 bridgehead atoms. The summed E-state index contributed by atoms with van der Waals surface area (Å²) in [5.41, 5.74) is 7.03. The fourth-order valence-corrected chi connectivity index (χ4v) is 2.75. The first-order valence-electron chi connectivity index (χ1n) is 6.21. The largest absolute Gasteiger partial charge is 0.409 e. The van der Waals surface area contributed by atoms with Gasteiger partial charge >= 0.3 is 0 Å². The molecule has 1 atom stereocenters. The second kappa shape index (κ2) is 5.34. The average molecular weight is 251 g/mol.